The minimum absolute atomic E-state index is 0.0573. The molecule has 27 heavy (non-hydrogen) atoms. The Kier molecular flexibility index (Phi) is 5.01. The molecular weight excluding hydrogens is 364 g/mol. The molecule has 1 fully saturated rings. The average Bonchev–Trinajstić information content (AvgIpc) is 3.37. The van der Waals surface area contributed by atoms with Crippen molar-refractivity contribution in [3.63, 3.8) is 0 Å². The van der Waals surface area contributed by atoms with E-state index in [1.54, 1.807) is 23.1 Å². The first-order valence-corrected chi connectivity index (χ1v) is 9.40. The van der Waals surface area contributed by atoms with E-state index in [0.717, 1.165) is 37.3 Å². The number of aromatic nitrogens is 2. The highest BCUT2D eigenvalue weighted by Gasteiger charge is 2.26. The van der Waals surface area contributed by atoms with E-state index in [0.29, 0.717) is 22.5 Å². The first kappa shape index (κ1) is 17.8. The SMILES string of the molecule is CNC1CCN(C(=O)c2cc(-c3ccco3)n(-c3cccc(Cl)c3)n2)CC1. The predicted octanol–water partition coefficient (Wildman–Crippen LogP) is 3.61. The van der Waals surface area contributed by atoms with Gasteiger partial charge in [0, 0.05) is 30.2 Å². The maximum absolute atomic E-state index is 13.0. The van der Waals surface area contributed by atoms with Crippen LogP contribution >= 0.6 is 11.6 Å². The van der Waals surface area contributed by atoms with Crippen molar-refractivity contribution in [2.75, 3.05) is 20.1 Å². The van der Waals surface area contributed by atoms with Crippen molar-refractivity contribution in [2.24, 2.45) is 0 Å². The maximum Gasteiger partial charge on any atom is 0.274 e. The van der Waals surface area contributed by atoms with Crippen LogP contribution in [0.1, 0.15) is 23.3 Å². The molecule has 1 aliphatic heterocycles. The van der Waals surface area contributed by atoms with E-state index in [1.165, 1.54) is 0 Å². The zero-order valence-corrected chi connectivity index (χ0v) is 15.8. The van der Waals surface area contributed by atoms with E-state index in [4.69, 9.17) is 16.0 Å². The summed E-state index contributed by atoms with van der Waals surface area (Å²) in [4.78, 5) is 14.9. The van der Waals surface area contributed by atoms with Crippen LogP contribution in [-0.2, 0) is 0 Å². The Hall–Kier alpha value is -2.57. The molecule has 1 N–H and O–H groups in total. The highest BCUT2D eigenvalue weighted by Crippen LogP contribution is 2.26. The summed E-state index contributed by atoms with van der Waals surface area (Å²) in [6.07, 6.45) is 3.50. The van der Waals surface area contributed by atoms with Crippen LogP contribution in [0.2, 0.25) is 5.02 Å². The van der Waals surface area contributed by atoms with Crippen molar-refractivity contribution in [1.29, 1.82) is 0 Å². The molecule has 6 nitrogen and oxygen atoms in total. The molecule has 3 aromatic rings. The van der Waals surface area contributed by atoms with Crippen LogP contribution in [0.15, 0.2) is 53.1 Å². The Balaban J connectivity index is 1.68. The number of benzene rings is 1. The minimum Gasteiger partial charge on any atom is -0.463 e. The molecule has 0 radical (unpaired) electrons. The van der Waals surface area contributed by atoms with Gasteiger partial charge in [-0.2, -0.15) is 5.10 Å². The molecule has 2 aromatic heterocycles. The highest BCUT2D eigenvalue weighted by molar-refractivity contribution is 6.30. The lowest BCUT2D eigenvalue weighted by Gasteiger charge is -2.31. The number of carbonyl (C=O) groups excluding carboxylic acids is 1. The highest BCUT2D eigenvalue weighted by atomic mass is 35.5. The molecule has 140 valence electrons. The van der Waals surface area contributed by atoms with E-state index in [9.17, 15) is 4.79 Å². The van der Waals surface area contributed by atoms with E-state index >= 15 is 0 Å². The fourth-order valence-corrected chi connectivity index (χ4v) is 3.61. The topological polar surface area (TPSA) is 63.3 Å². The number of furan rings is 1. The number of hydrogen-bond donors (Lipinski definition) is 1. The monoisotopic (exact) mass is 384 g/mol. The van der Waals surface area contributed by atoms with Gasteiger partial charge in [-0.3, -0.25) is 4.79 Å². The van der Waals surface area contributed by atoms with Crippen LogP contribution in [0.25, 0.3) is 17.1 Å². The Bertz CT molecular complexity index is 927. The van der Waals surface area contributed by atoms with Crippen LogP contribution in [0.5, 0.6) is 0 Å². The average molecular weight is 385 g/mol. The number of carbonyl (C=O) groups is 1. The summed E-state index contributed by atoms with van der Waals surface area (Å²) < 4.78 is 7.26. The Labute approximate surface area is 162 Å². The van der Waals surface area contributed by atoms with Crippen LogP contribution in [0.4, 0.5) is 0 Å². The summed E-state index contributed by atoms with van der Waals surface area (Å²) >= 11 is 6.14. The predicted molar refractivity (Wildman–Crippen MR) is 104 cm³/mol. The van der Waals surface area contributed by atoms with Crippen molar-refractivity contribution in [2.45, 2.75) is 18.9 Å². The Morgan fingerprint density at radius 3 is 2.70 bits per heavy atom. The van der Waals surface area contributed by atoms with Gasteiger partial charge in [0.05, 0.1) is 12.0 Å². The van der Waals surface area contributed by atoms with Gasteiger partial charge in [-0.05, 0) is 50.2 Å². The number of hydrogen-bond acceptors (Lipinski definition) is 4. The normalized spacial score (nSPS) is 15.3. The molecule has 0 bridgehead atoms. The first-order valence-electron chi connectivity index (χ1n) is 9.02. The van der Waals surface area contributed by atoms with Gasteiger partial charge in [-0.25, -0.2) is 4.68 Å². The van der Waals surface area contributed by atoms with Crippen LogP contribution in [0, 0.1) is 0 Å². The molecule has 4 rings (SSSR count). The number of piperidine rings is 1. The van der Waals surface area contributed by atoms with Gasteiger partial charge in [0.2, 0.25) is 0 Å². The molecule has 3 heterocycles. The standard InChI is InChI=1S/C20H21ClN4O2/c1-22-15-7-9-24(10-8-15)20(26)17-13-18(19-6-3-11-27-19)25(23-17)16-5-2-4-14(21)12-16/h2-6,11-13,15,22H,7-10H2,1H3. The number of halogens is 1. The molecule has 0 unspecified atom stereocenters. The van der Waals surface area contributed by atoms with Gasteiger partial charge in [-0.1, -0.05) is 17.7 Å². The van der Waals surface area contributed by atoms with Gasteiger partial charge < -0.3 is 14.6 Å². The molecule has 1 amide bonds. The third kappa shape index (κ3) is 3.63. The van der Waals surface area contributed by atoms with E-state index in [-0.39, 0.29) is 5.91 Å². The molecule has 1 aromatic carbocycles. The van der Waals surface area contributed by atoms with Gasteiger partial charge in [0.25, 0.3) is 5.91 Å². The summed E-state index contributed by atoms with van der Waals surface area (Å²) in [6, 6.07) is 13.3. The zero-order chi connectivity index (χ0) is 18.8. The maximum atomic E-state index is 13.0. The summed E-state index contributed by atoms with van der Waals surface area (Å²) in [5, 5.41) is 8.47. The molecule has 0 atom stereocenters. The molecule has 7 heteroatoms. The van der Waals surface area contributed by atoms with Gasteiger partial charge in [0.15, 0.2) is 11.5 Å². The fourth-order valence-electron chi connectivity index (χ4n) is 3.42. The summed E-state index contributed by atoms with van der Waals surface area (Å²) in [5.74, 6) is 0.591. The number of likely N-dealkylation sites (tertiary alicyclic amines) is 1. The van der Waals surface area contributed by atoms with Crippen molar-refractivity contribution < 1.29 is 9.21 Å². The van der Waals surface area contributed by atoms with Crippen molar-refractivity contribution in [3.05, 3.63) is 59.4 Å². The smallest absolute Gasteiger partial charge is 0.274 e. The Morgan fingerprint density at radius 1 is 1.22 bits per heavy atom. The number of nitrogens with zero attached hydrogens (tertiary/aromatic N) is 3. The molecule has 0 saturated carbocycles. The molecule has 0 aliphatic carbocycles. The van der Waals surface area contributed by atoms with Gasteiger partial charge >= 0.3 is 0 Å². The first-order chi connectivity index (χ1) is 13.2. The fraction of sp³-hybridized carbons (Fsp3) is 0.300. The van der Waals surface area contributed by atoms with E-state index in [1.807, 2.05) is 42.3 Å². The lowest BCUT2D eigenvalue weighted by Crippen LogP contribution is -2.44. The molecule has 1 aliphatic rings. The number of amides is 1. The van der Waals surface area contributed by atoms with Crippen molar-refractivity contribution in [1.82, 2.24) is 20.0 Å². The van der Waals surface area contributed by atoms with Crippen molar-refractivity contribution in [3.8, 4) is 17.1 Å². The second-order valence-electron chi connectivity index (χ2n) is 6.64. The van der Waals surface area contributed by atoms with Crippen LogP contribution in [0.3, 0.4) is 0 Å². The second-order valence-corrected chi connectivity index (χ2v) is 7.08. The van der Waals surface area contributed by atoms with Gasteiger partial charge in [-0.15, -0.1) is 0 Å². The van der Waals surface area contributed by atoms with E-state index in [2.05, 4.69) is 10.4 Å². The zero-order valence-electron chi connectivity index (χ0n) is 15.1. The molecule has 1 saturated heterocycles. The molecule has 0 spiro atoms. The lowest BCUT2D eigenvalue weighted by atomic mass is 10.1. The number of rotatable bonds is 4. The lowest BCUT2D eigenvalue weighted by molar-refractivity contribution is 0.0701. The molecular formula is C20H21ClN4O2. The summed E-state index contributed by atoms with van der Waals surface area (Å²) in [7, 11) is 1.96. The third-order valence-electron chi connectivity index (χ3n) is 4.95. The van der Waals surface area contributed by atoms with Crippen molar-refractivity contribution >= 4 is 17.5 Å². The Morgan fingerprint density at radius 2 is 2.04 bits per heavy atom. The minimum atomic E-state index is -0.0573. The quantitative estimate of drug-likeness (QED) is 0.746. The van der Waals surface area contributed by atoms with Crippen LogP contribution < -0.4 is 5.32 Å². The van der Waals surface area contributed by atoms with Gasteiger partial charge in [0.1, 0.15) is 5.69 Å². The van der Waals surface area contributed by atoms with Crippen LogP contribution in [-0.4, -0.2) is 46.8 Å². The number of nitrogens with one attached hydrogen (secondary N) is 1. The summed E-state index contributed by atoms with van der Waals surface area (Å²) in [6.45, 7) is 1.45. The third-order valence-corrected chi connectivity index (χ3v) is 5.18. The largest absolute Gasteiger partial charge is 0.463 e. The summed E-state index contributed by atoms with van der Waals surface area (Å²) in [5.41, 5.74) is 1.90. The van der Waals surface area contributed by atoms with E-state index < -0.39 is 0 Å². The second kappa shape index (κ2) is 7.58.